The van der Waals surface area contributed by atoms with Crippen LogP contribution in [0.5, 0.6) is 0 Å². The molecule has 25 heavy (non-hydrogen) atoms. The summed E-state index contributed by atoms with van der Waals surface area (Å²) in [6, 6.07) is 9.77. The van der Waals surface area contributed by atoms with Crippen LogP contribution in [-0.4, -0.2) is 41.4 Å². The monoisotopic (exact) mass is 339 g/mol. The molecule has 1 amide bonds. The molecule has 1 aliphatic carbocycles. The summed E-state index contributed by atoms with van der Waals surface area (Å²) in [5.74, 6) is 0.275. The third-order valence-electron chi connectivity index (χ3n) is 4.28. The number of aliphatic hydroxyl groups is 1. The molecular weight excluding hydrogens is 318 g/mol. The summed E-state index contributed by atoms with van der Waals surface area (Å²) in [5, 5.41) is 9.28. The number of carbonyl (C=O) groups excluding carboxylic acids is 2. The molecule has 0 radical (unpaired) electrons. The van der Waals surface area contributed by atoms with Crippen LogP contribution in [0.25, 0.3) is 6.08 Å². The number of aliphatic hydroxyl groups excluding tert-OH is 1. The number of carbonyl (C=O) groups is 2. The van der Waals surface area contributed by atoms with Crippen LogP contribution in [-0.2, 0) is 6.42 Å². The van der Waals surface area contributed by atoms with Gasteiger partial charge in [0, 0.05) is 25.9 Å². The van der Waals surface area contributed by atoms with E-state index in [1.807, 2.05) is 42.5 Å². The number of rotatable bonds is 6. The molecule has 1 heterocycles. The maximum absolute atomic E-state index is 12.8. The van der Waals surface area contributed by atoms with E-state index >= 15 is 0 Å². The number of fused-ring (bicyclic) bond motifs is 1. The Morgan fingerprint density at radius 2 is 2.04 bits per heavy atom. The highest BCUT2D eigenvalue weighted by Crippen LogP contribution is 2.27. The van der Waals surface area contributed by atoms with Gasteiger partial charge in [0.2, 0.25) is 0 Å². The highest BCUT2D eigenvalue weighted by Gasteiger charge is 2.29. The van der Waals surface area contributed by atoms with Crippen molar-refractivity contribution in [2.24, 2.45) is 0 Å². The summed E-state index contributed by atoms with van der Waals surface area (Å²) in [7, 11) is 0. The number of ketones is 1. The normalized spacial score (nSPS) is 13.9. The zero-order valence-corrected chi connectivity index (χ0v) is 14.0. The predicted octanol–water partition coefficient (Wildman–Crippen LogP) is 2.95. The van der Waals surface area contributed by atoms with E-state index in [1.54, 1.807) is 0 Å². The van der Waals surface area contributed by atoms with Crippen molar-refractivity contribution in [2.75, 3.05) is 19.7 Å². The predicted molar refractivity (Wildman–Crippen MR) is 94.4 cm³/mol. The molecule has 5 nitrogen and oxygen atoms in total. The second kappa shape index (κ2) is 7.94. The molecule has 1 aromatic heterocycles. The van der Waals surface area contributed by atoms with Crippen LogP contribution in [0.1, 0.15) is 44.9 Å². The van der Waals surface area contributed by atoms with Gasteiger partial charge in [0.1, 0.15) is 12.0 Å². The number of Topliss-reactive ketones (excluding diaryl/α,β-unsaturated/α-hetero) is 1. The molecule has 0 fully saturated rings. The maximum Gasteiger partial charge on any atom is 0.258 e. The Labute approximate surface area is 146 Å². The van der Waals surface area contributed by atoms with Crippen LogP contribution >= 0.6 is 0 Å². The first-order chi connectivity index (χ1) is 12.2. The highest BCUT2D eigenvalue weighted by molar-refractivity contribution is 6.09. The average molecular weight is 339 g/mol. The Morgan fingerprint density at radius 3 is 2.80 bits per heavy atom. The Balaban J connectivity index is 1.76. The van der Waals surface area contributed by atoms with Crippen LogP contribution in [0.15, 0.2) is 47.1 Å². The topological polar surface area (TPSA) is 70.8 Å². The number of furan rings is 1. The Kier molecular flexibility index (Phi) is 5.46. The average Bonchev–Trinajstić information content (AvgIpc) is 3.07. The van der Waals surface area contributed by atoms with Crippen molar-refractivity contribution in [1.29, 1.82) is 0 Å². The van der Waals surface area contributed by atoms with Crippen LogP contribution in [0.4, 0.5) is 0 Å². The molecule has 0 aliphatic heterocycles. The third kappa shape index (κ3) is 3.88. The quantitative estimate of drug-likeness (QED) is 0.878. The molecule has 1 N–H and O–H groups in total. The summed E-state index contributed by atoms with van der Waals surface area (Å²) >= 11 is 0. The van der Waals surface area contributed by atoms with Crippen molar-refractivity contribution < 1.29 is 19.1 Å². The van der Waals surface area contributed by atoms with Gasteiger partial charge in [0.25, 0.3) is 5.91 Å². The lowest BCUT2D eigenvalue weighted by Crippen LogP contribution is -2.34. The molecule has 0 bridgehead atoms. The first-order valence-corrected chi connectivity index (χ1v) is 8.46. The van der Waals surface area contributed by atoms with Gasteiger partial charge >= 0.3 is 0 Å². The molecule has 0 unspecified atom stereocenters. The van der Waals surface area contributed by atoms with Gasteiger partial charge in [-0.3, -0.25) is 9.59 Å². The molecular formula is C20H21NO4. The molecule has 3 rings (SSSR count). The van der Waals surface area contributed by atoms with Gasteiger partial charge in [-0.2, -0.15) is 0 Å². The van der Waals surface area contributed by atoms with E-state index in [1.165, 1.54) is 11.2 Å². The number of hydrogen-bond acceptors (Lipinski definition) is 4. The van der Waals surface area contributed by atoms with E-state index in [-0.39, 0.29) is 24.8 Å². The SMILES string of the molecule is O=C1CCCc2occ(C(=O)N(CC=Cc3ccccc3)CCO)c21. The Hall–Kier alpha value is -2.66. The number of hydrogen-bond donors (Lipinski definition) is 1. The lowest BCUT2D eigenvalue weighted by atomic mass is 9.94. The zero-order chi connectivity index (χ0) is 17.6. The molecule has 1 aromatic carbocycles. The van der Waals surface area contributed by atoms with Gasteiger partial charge in [-0.1, -0.05) is 42.5 Å². The van der Waals surface area contributed by atoms with Gasteiger partial charge in [-0.25, -0.2) is 0 Å². The first-order valence-electron chi connectivity index (χ1n) is 8.46. The molecule has 130 valence electrons. The van der Waals surface area contributed by atoms with Crippen molar-refractivity contribution in [3.63, 3.8) is 0 Å². The summed E-state index contributed by atoms with van der Waals surface area (Å²) in [6.07, 6.45) is 7.06. The molecule has 1 aliphatic rings. The Bertz CT molecular complexity index is 776. The zero-order valence-electron chi connectivity index (χ0n) is 14.0. The fraction of sp³-hybridized carbons (Fsp3) is 0.300. The molecule has 0 saturated heterocycles. The lowest BCUT2D eigenvalue weighted by molar-refractivity contribution is 0.0737. The molecule has 2 aromatic rings. The van der Waals surface area contributed by atoms with E-state index in [0.29, 0.717) is 36.3 Å². The van der Waals surface area contributed by atoms with Crippen LogP contribution < -0.4 is 0 Å². The molecule has 0 atom stereocenters. The van der Waals surface area contributed by atoms with Crippen molar-refractivity contribution in [3.8, 4) is 0 Å². The van der Waals surface area contributed by atoms with Crippen molar-refractivity contribution >= 4 is 17.8 Å². The van der Waals surface area contributed by atoms with E-state index in [9.17, 15) is 14.7 Å². The van der Waals surface area contributed by atoms with Crippen molar-refractivity contribution in [2.45, 2.75) is 19.3 Å². The van der Waals surface area contributed by atoms with Crippen molar-refractivity contribution in [3.05, 3.63) is 65.1 Å². The molecule has 0 spiro atoms. The van der Waals surface area contributed by atoms with E-state index in [4.69, 9.17) is 4.42 Å². The number of amides is 1. The van der Waals surface area contributed by atoms with E-state index in [2.05, 4.69) is 0 Å². The second-order valence-electron chi connectivity index (χ2n) is 6.01. The summed E-state index contributed by atoms with van der Waals surface area (Å²) in [6.45, 7) is 0.410. The molecule has 5 heteroatoms. The van der Waals surface area contributed by atoms with Gasteiger partial charge in [-0.05, 0) is 12.0 Å². The Morgan fingerprint density at radius 1 is 1.24 bits per heavy atom. The fourth-order valence-electron chi connectivity index (χ4n) is 3.03. The minimum atomic E-state index is -0.285. The van der Waals surface area contributed by atoms with Gasteiger partial charge < -0.3 is 14.4 Å². The minimum absolute atomic E-state index is 0.0397. The maximum atomic E-state index is 12.8. The van der Waals surface area contributed by atoms with Gasteiger partial charge in [0.05, 0.1) is 17.7 Å². The summed E-state index contributed by atoms with van der Waals surface area (Å²) in [4.78, 5) is 26.5. The van der Waals surface area contributed by atoms with E-state index in [0.717, 1.165) is 12.0 Å². The lowest BCUT2D eigenvalue weighted by Gasteiger charge is -2.20. The van der Waals surface area contributed by atoms with Gasteiger partial charge in [-0.15, -0.1) is 0 Å². The number of nitrogens with zero attached hydrogens (tertiary/aromatic N) is 1. The molecule has 0 saturated carbocycles. The van der Waals surface area contributed by atoms with Crippen LogP contribution in [0, 0.1) is 0 Å². The standard InChI is InChI=1S/C20H21NO4/c22-13-12-21(11-5-8-15-6-2-1-3-7-15)20(24)16-14-25-18-10-4-9-17(23)19(16)18/h1-3,5-8,14,22H,4,9-13H2. The third-order valence-corrected chi connectivity index (χ3v) is 4.28. The van der Waals surface area contributed by atoms with Crippen LogP contribution in [0.3, 0.4) is 0 Å². The van der Waals surface area contributed by atoms with E-state index < -0.39 is 0 Å². The smallest absolute Gasteiger partial charge is 0.258 e. The second-order valence-corrected chi connectivity index (χ2v) is 6.01. The van der Waals surface area contributed by atoms with Crippen molar-refractivity contribution in [1.82, 2.24) is 4.90 Å². The van der Waals surface area contributed by atoms with Crippen LogP contribution in [0.2, 0.25) is 0 Å². The number of benzene rings is 1. The minimum Gasteiger partial charge on any atom is -0.468 e. The number of aryl methyl sites for hydroxylation is 1. The first kappa shape index (κ1) is 17.2. The van der Waals surface area contributed by atoms with Gasteiger partial charge in [0.15, 0.2) is 5.78 Å². The summed E-state index contributed by atoms with van der Waals surface area (Å²) < 4.78 is 5.43. The fourth-order valence-corrected chi connectivity index (χ4v) is 3.03. The largest absolute Gasteiger partial charge is 0.468 e. The highest BCUT2D eigenvalue weighted by atomic mass is 16.3. The summed E-state index contributed by atoms with van der Waals surface area (Å²) in [5.41, 5.74) is 1.77.